The molecule has 42 heavy (non-hydrogen) atoms. The molecule has 5 heteroatoms. The van der Waals surface area contributed by atoms with E-state index in [4.69, 9.17) is 4.98 Å². The Hall–Kier alpha value is -4.45. The number of nitrogens with one attached hydrogen (secondary N) is 1. The molecule has 0 radical (unpaired) electrons. The first kappa shape index (κ1) is 24.2. The van der Waals surface area contributed by atoms with Gasteiger partial charge in [0.25, 0.3) is 0 Å². The van der Waals surface area contributed by atoms with Crippen LogP contribution in [0.25, 0.3) is 51.2 Å². The molecule has 0 spiro atoms. The lowest BCUT2D eigenvalue weighted by Crippen LogP contribution is -2.25. The van der Waals surface area contributed by atoms with Crippen molar-refractivity contribution in [2.24, 2.45) is 0 Å². The van der Waals surface area contributed by atoms with Gasteiger partial charge in [-0.2, -0.15) is 0 Å². The Morgan fingerprint density at radius 1 is 0.667 bits per heavy atom. The van der Waals surface area contributed by atoms with Gasteiger partial charge in [0.05, 0.1) is 17.1 Å². The van der Waals surface area contributed by atoms with E-state index in [1.54, 1.807) is 0 Å². The SMILES string of the molecule is Cc1ccc2c(n1)sc1c(C3Nc4ccc5ccccc5c4N3c3c(C)cc4c(sc5ccccc54)c3C)cccc12. The quantitative estimate of drug-likeness (QED) is 0.221. The van der Waals surface area contributed by atoms with Crippen molar-refractivity contribution in [2.75, 3.05) is 10.2 Å². The zero-order valence-corrected chi connectivity index (χ0v) is 25.2. The van der Waals surface area contributed by atoms with Crippen LogP contribution in [0.2, 0.25) is 0 Å². The summed E-state index contributed by atoms with van der Waals surface area (Å²) in [5.74, 6) is 0. The van der Waals surface area contributed by atoms with Crippen LogP contribution >= 0.6 is 22.7 Å². The van der Waals surface area contributed by atoms with Crippen LogP contribution in [0.1, 0.15) is 28.6 Å². The van der Waals surface area contributed by atoms with E-state index in [0.717, 1.165) is 10.5 Å². The smallest absolute Gasteiger partial charge is 0.132 e. The molecule has 8 aromatic rings. The van der Waals surface area contributed by atoms with E-state index in [1.807, 2.05) is 22.7 Å². The van der Waals surface area contributed by atoms with Crippen LogP contribution in [0.3, 0.4) is 0 Å². The maximum atomic E-state index is 4.91. The van der Waals surface area contributed by atoms with E-state index < -0.39 is 0 Å². The lowest BCUT2D eigenvalue weighted by Gasteiger charge is -2.31. The minimum Gasteiger partial charge on any atom is -0.359 e. The van der Waals surface area contributed by atoms with Gasteiger partial charge >= 0.3 is 0 Å². The summed E-state index contributed by atoms with van der Waals surface area (Å²) in [6.07, 6.45) is -0.0621. The van der Waals surface area contributed by atoms with Crippen LogP contribution in [0.15, 0.2) is 97.1 Å². The highest BCUT2D eigenvalue weighted by molar-refractivity contribution is 7.26. The van der Waals surface area contributed by atoms with Gasteiger partial charge in [0.1, 0.15) is 11.0 Å². The van der Waals surface area contributed by atoms with Crippen molar-refractivity contribution in [1.29, 1.82) is 0 Å². The van der Waals surface area contributed by atoms with E-state index >= 15 is 0 Å². The lowest BCUT2D eigenvalue weighted by molar-refractivity contribution is 0.834. The number of pyridine rings is 1. The van der Waals surface area contributed by atoms with Crippen LogP contribution in [0.5, 0.6) is 0 Å². The molecule has 9 rings (SSSR count). The van der Waals surface area contributed by atoms with Gasteiger partial charge < -0.3 is 10.2 Å². The Balaban J connectivity index is 1.36. The number of thiophene rings is 2. The maximum absolute atomic E-state index is 4.91. The van der Waals surface area contributed by atoms with Gasteiger partial charge in [0.2, 0.25) is 0 Å². The molecule has 1 N–H and O–H groups in total. The number of hydrogen-bond acceptors (Lipinski definition) is 5. The summed E-state index contributed by atoms with van der Waals surface area (Å²) in [4.78, 5) is 8.60. The van der Waals surface area contributed by atoms with Crippen molar-refractivity contribution in [1.82, 2.24) is 4.98 Å². The molecule has 0 fully saturated rings. The fraction of sp³-hybridized carbons (Fsp3) is 0.108. The number of hydrogen-bond donors (Lipinski definition) is 1. The van der Waals surface area contributed by atoms with Crippen LogP contribution in [-0.4, -0.2) is 4.98 Å². The Kier molecular flexibility index (Phi) is 5.05. The van der Waals surface area contributed by atoms with E-state index in [1.165, 1.54) is 80.2 Å². The van der Waals surface area contributed by atoms with Gasteiger partial charge in [-0.25, -0.2) is 4.98 Å². The summed E-state index contributed by atoms with van der Waals surface area (Å²) in [5.41, 5.74) is 8.66. The van der Waals surface area contributed by atoms with Crippen molar-refractivity contribution < 1.29 is 0 Å². The third kappa shape index (κ3) is 3.29. The summed E-state index contributed by atoms with van der Waals surface area (Å²) in [5, 5.41) is 11.7. The predicted molar refractivity (Wildman–Crippen MR) is 183 cm³/mol. The number of nitrogens with zero attached hydrogens (tertiary/aromatic N) is 2. The van der Waals surface area contributed by atoms with Gasteiger partial charge in [-0.1, -0.05) is 66.7 Å². The normalized spacial score (nSPS) is 14.9. The van der Waals surface area contributed by atoms with Crippen LogP contribution in [0.4, 0.5) is 17.1 Å². The fourth-order valence-electron chi connectivity index (χ4n) is 6.98. The molecule has 0 aliphatic carbocycles. The summed E-state index contributed by atoms with van der Waals surface area (Å²) in [7, 11) is 0. The van der Waals surface area contributed by atoms with E-state index in [2.05, 4.69) is 128 Å². The zero-order valence-electron chi connectivity index (χ0n) is 23.5. The molecule has 202 valence electrons. The van der Waals surface area contributed by atoms with Crippen LogP contribution in [-0.2, 0) is 0 Å². The first-order valence-electron chi connectivity index (χ1n) is 14.3. The molecule has 1 atom stereocenters. The lowest BCUT2D eigenvalue weighted by atomic mass is 9.99. The van der Waals surface area contributed by atoms with Crippen molar-refractivity contribution in [2.45, 2.75) is 26.9 Å². The standard InChI is InChI=1S/C37H27N3S2/c1-20-19-29-25-11-6-7-14-31(25)41-34(29)22(3)32(20)40-33-24-10-5-4-9-23(24)16-18-30(33)39-36(40)28-13-8-12-26-27-17-15-21(2)38-37(27)42-35(26)28/h4-19,36,39H,1-3H3. The number of rotatable bonds is 2. The third-order valence-corrected chi connectivity index (χ3v) is 11.3. The predicted octanol–water partition coefficient (Wildman–Crippen LogP) is 11.2. The molecule has 4 heterocycles. The first-order valence-corrected chi connectivity index (χ1v) is 16.0. The topological polar surface area (TPSA) is 28.2 Å². The van der Waals surface area contributed by atoms with E-state index in [0.29, 0.717) is 0 Å². The fourth-order valence-corrected chi connectivity index (χ4v) is 9.42. The molecule has 0 saturated heterocycles. The molecule has 1 aliphatic rings. The second-order valence-electron chi connectivity index (χ2n) is 11.4. The highest BCUT2D eigenvalue weighted by Gasteiger charge is 2.36. The molecular formula is C37H27N3S2. The van der Waals surface area contributed by atoms with Crippen molar-refractivity contribution in [3.05, 3.63) is 119 Å². The van der Waals surface area contributed by atoms with Crippen LogP contribution in [0, 0.1) is 20.8 Å². The van der Waals surface area contributed by atoms with Crippen LogP contribution < -0.4 is 10.2 Å². The molecular weight excluding hydrogens is 551 g/mol. The average molecular weight is 578 g/mol. The summed E-state index contributed by atoms with van der Waals surface area (Å²) >= 11 is 3.71. The largest absolute Gasteiger partial charge is 0.359 e. The molecule has 1 aliphatic heterocycles. The minimum absolute atomic E-state index is 0.0621. The third-order valence-electron chi connectivity index (χ3n) is 8.83. The van der Waals surface area contributed by atoms with Gasteiger partial charge in [0.15, 0.2) is 0 Å². The van der Waals surface area contributed by atoms with Gasteiger partial charge in [-0.3, -0.25) is 0 Å². The first-order chi connectivity index (χ1) is 20.6. The van der Waals surface area contributed by atoms with Gasteiger partial charge in [-0.05, 0) is 67.6 Å². The molecule has 0 saturated carbocycles. The molecule has 3 aromatic heterocycles. The summed E-state index contributed by atoms with van der Waals surface area (Å²) < 4.78 is 4.00. The van der Waals surface area contributed by atoms with Gasteiger partial charge in [-0.15, -0.1) is 22.7 Å². The second kappa shape index (κ2) is 8.78. The number of fused-ring (bicyclic) bond motifs is 9. The Bertz CT molecular complexity index is 2400. The monoisotopic (exact) mass is 577 g/mol. The summed E-state index contributed by atoms with van der Waals surface area (Å²) in [6.45, 7) is 6.66. The molecule has 5 aromatic carbocycles. The average Bonchev–Trinajstić information content (AvgIpc) is 3.69. The van der Waals surface area contributed by atoms with Crippen molar-refractivity contribution >= 4 is 91.0 Å². The zero-order chi connectivity index (χ0) is 28.1. The van der Waals surface area contributed by atoms with Crippen molar-refractivity contribution in [3.8, 4) is 0 Å². The van der Waals surface area contributed by atoms with E-state index in [9.17, 15) is 0 Å². The summed E-state index contributed by atoms with van der Waals surface area (Å²) in [6, 6.07) is 35.6. The number of benzene rings is 5. The Morgan fingerprint density at radius 3 is 2.38 bits per heavy atom. The number of aryl methyl sites for hydroxylation is 3. The Labute approximate surface area is 251 Å². The number of aromatic nitrogens is 1. The maximum Gasteiger partial charge on any atom is 0.132 e. The Morgan fingerprint density at radius 2 is 1.48 bits per heavy atom. The van der Waals surface area contributed by atoms with E-state index in [-0.39, 0.29) is 6.17 Å². The van der Waals surface area contributed by atoms with Gasteiger partial charge in [0, 0.05) is 52.3 Å². The molecule has 0 bridgehead atoms. The molecule has 3 nitrogen and oxygen atoms in total. The highest BCUT2D eigenvalue weighted by atomic mass is 32.1. The highest BCUT2D eigenvalue weighted by Crippen LogP contribution is 2.54. The second-order valence-corrected chi connectivity index (χ2v) is 13.4. The van der Waals surface area contributed by atoms with Crippen molar-refractivity contribution in [3.63, 3.8) is 0 Å². The molecule has 1 unspecified atom stereocenters. The minimum atomic E-state index is -0.0621. The molecule has 0 amide bonds. The number of anilines is 3.